The number of aliphatic hydroxyl groups is 1. The summed E-state index contributed by atoms with van der Waals surface area (Å²) in [5.41, 5.74) is 1.94. The van der Waals surface area contributed by atoms with Crippen molar-refractivity contribution >= 4 is 11.6 Å². The van der Waals surface area contributed by atoms with Crippen LogP contribution >= 0.6 is 11.6 Å². The molecule has 0 fully saturated rings. The van der Waals surface area contributed by atoms with E-state index < -0.39 is 6.10 Å². The summed E-state index contributed by atoms with van der Waals surface area (Å²) in [6.45, 7) is 9.35. The Morgan fingerprint density at radius 3 is 2.53 bits per heavy atom. The number of unbranched alkanes of at least 4 members (excludes halogenated alkanes) is 1. The Bertz CT molecular complexity index is 392. The average molecular weight is 284 g/mol. The molecule has 0 aliphatic carbocycles. The third-order valence-electron chi connectivity index (χ3n) is 3.49. The SMILES string of the molecule is CCCCNC(C(C)C)C(O)c1ccc(Cl)c(C)c1. The van der Waals surface area contributed by atoms with Crippen molar-refractivity contribution in [2.45, 2.75) is 52.7 Å². The molecule has 0 amide bonds. The molecule has 0 radical (unpaired) electrons. The van der Waals surface area contributed by atoms with Crippen LogP contribution in [0.4, 0.5) is 0 Å². The number of rotatable bonds is 7. The highest BCUT2D eigenvalue weighted by Gasteiger charge is 2.23. The van der Waals surface area contributed by atoms with Gasteiger partial charge < -0.3 is 10.4 Å². The normalized spacial score (nSPS) is 14.7. The summed E-state index contributed by atoms with van der Waals surface area (Å²) in [6.07, 6.45) is 1.80. The smallest absolute Gasteiger partial charge is 0.0945 e. The van der Waals surface area contributed by atoms with Gasteiger partial charge in [-0.25, -0.2) is 0 Å². The highest BCUT2D eigenvalue weighted by Crippen LogP contribution is 2.25. The molecule has 0 heterocycles. The quantitative estimate of drug-likeness (QED) is 0.739. The Kier molecular flexibility index (Phi) is 6.84. The van der Waals surface area contributed by atoms with Gasteiger partial charge in [0.05, 0.1) is 6.10 Å². The molecule has 1 rings (SSSR count). The second-order valence-corrected chi connectivity index (χ2v) is 5.94. The summed E-state index contributed by atoms with van der Waals surface area (Å²) in [7, 11) is 0. The first-order valence-electron chi connectivity index (χ1n) is 7.14. The van der Waals surface area contributed by atoms with Crippen molar-refractivity contribution in [3.63, 3.8) is 0 Å². The molecule has 2 nitrogen and oxygen atoms in total. The molecule has 1 aromatic carbocycles. The molecule has 19 heavy (non-hydrogen) atoms. The Labute approximate surface area is 122 Å². The van der Waals surface area contributed by atoms with Gasteiger partial charge in [0.2, 0.25) is 0 Å². The predicted molar refractivity (Wildman–Crippen MR) is 82.7 cm³/mol. The lowest BCUT2D eigenvalue weighted by molar-refractivity contribution is 0.105. The largest absolute Gasteiger partial charge is 0.387 e. The minimum Gasteiger partial charge on any atom is -0.387 e. The van der Waals surface area contributed by atoms with E-state index in [-0.39, 0.29) is 6.04 Å². The topological polar surface area (TPSA) is 32.3 Å². The molecular weight excluding hydrogens is 258 g/mol. The second kappa shape index (κ2) is 7.88. The van der Waals surface area contributed by atoms with Crippen LogP contribution in [0.2, 0.25) is 5.02 Å². The van der Waals surface area contributed by atoms with Crippen LogP contribution in [-0.4, -0.2) is 17.7 Å². The van der Waals surface area contributed by atoms with Crippen LogP contribution < -0.4 is 5.32 Å². The molecule has 3 heteroatoms. The highest BCUT2D eigenvalue weighted by atomic mass is 35.5. The molecule has 0 saturated heterocycles. The number of aliphatic hydroxyl groups excluding tert-OH is 1. The first-order valence-corrected chi connectivity index (χ1v) is 7.52. The van der Waals surface area contributed by atoms with Crippen molar-refractivity contribution in [3.8, 4) is 0 Å². The molecule has 2 atom stereocenters. The number of hydrogen-bond donors (Lipinski definition) is 2. The Morgan fingerprint density at radius 1 is 1.32 bits per heavy atom. The first kappa shape index (κ1) is 16.5. The third-order valence-corrected chi connectivity index (χ3v) is 3.92. The summed E-state index contributed by atoms with van der Waals surface area (Å²) in [6, 6.07) is 5.83. The van der Waals surface area contributed by atoms with Crippen LogP contribution in [0.25, 0.3) is 0 Å². The van der Waals surface area contributed by atoms with E-state index in [1.54, 1.807) is 0 Å². The summed E-state index contributed by atoms with van der Waals surface area (Å²) in [5.74, 6) is 0.378. The number of hydrogen-bond acceptors (Lipinski definition) is 2. The van der Waals surface area contributed by atoms with Crippen LogP contribution in [0.3, 0.4) is 0 Å². The van der Waals surface area contributed by atoms with E-state index in [1.807, 2.05) is 25.1 Å². The molecule has 1 aromatic rings. The summed E-state index contributed by atoms with van der Waals surface area (Å²) in [5, 5.41) is 14.8. The van der Waals surface area contributed by atoms with Crippen molar-refractivity contribution < 1.29 is 5.11 Å². The fraction of sp³-hybridized carbons (Fsp3) is 0.625. The van der Waals surface area contributed by atoms with Crippen LogP contribution in [0.5, 0.6) is 0 Å². The molecule has 108 valence electrons. The van der Waals surface area contributed by atoms with Crippen LogP contribution in [0.1, 0.15) is 50.8 Å². The van der Waals surface area contributed by atoms with Gasteiger partial charge in [-0.05, 0) is 43.0 Å². The standard InChI is InChI=1S/C16H26ClNO/c1-5-6-9-18-15(11(2)3)16(19)13-7-8-14(17)12(4)10-13/h7-8,10-11,15-16,18-19H,5-6,9H2,1-4H3. The third kappa shape index (κ3) is 4.79. The van der Waals surface area contributed by atoms with E-state index >= 15 is 0 Å². The number of benzene rings is 1. The van der Waals surface area contributed by atoms with E-state index in [0.29, 0.717) is 5.92 Å². The van der Waals surface area contributed by atoms with Gasteiger partial charge in [0, 0.05) is 11.1 Å². The lowest BCUT2D eigenvalue weighted by Gasteiger charge is -2.28. The molecular formula is C16H26ClNO. The van der Waals surface area contributed by atoms with Crippen molar-refractivity contribution in [3.05, 3.63) is 34.3 Å². The number of aryl methyl sites for hydroxylation is 1. The average Bonchev–Trinajstić information content (AvgIpc) is 2.37. The van der Waals surface area contributed by atoms with E-state index in [9.17, 15) is 5.11 Å². The van der Waals surface area contributed by atoms with E-state index in [0.717, 1.165) is 35.5 Å². The maximum atomic E-state index is 10.6. The van der Waals surface area contributed by atoms with Gasteiger partial charge in [0.1, 0.15) is 0 Å². The van der Waals surface area contributed by atoms with Gasteiger partial charge in [0.25, 0.3) is 0 Å². The van der Waals surface area contributed by atoms with E-state index in [4.69, 9.17) is 11.6 Å². The maximum absolute atomic E-state index is 10.6. The maximum Gasteiger partial charge on any atom is 0.0945 e. The Morgan fingerprint density at radius 2 is 2.00 bits per heavy atom. The minimum absolute atomic E-state index is 0.0760. The fourth-order valence-electron chi connectivity index (χ4n) is 2.22. The van der Waals surface area contributed by atoms with Gasteiger partial charge in [-0.1, -0.05) is 50.9 Å². The van der Waals surface area contributed by atoms with Gasteiger partial charge >= 0.3 is 0 Å². The van der Waals surface area contributed by atoms with Gasteiger partial charge in [-0.2, -0.15) is 0 Å². The zero-order chi connectivity index (χ0) is 14.4. The number of nitrogens with one attached hydrogen (secondary N) is 1. The molecule has 2 N–H and O–H groups in total. The van der Waals surface area contributed by atoms with Gasteiger partial charge in [0.15, 0.2) is 0 Å². The van der Waals surface area contributed by atoms with Crippen LogP contribution in [-0.2, 0) is 0 Å². The fourth-order valence-corrected chi connectivity index (χ4v) is 2.33. The summed E-state index contributed by atoms with van der Waals surface area (Å²) < 4.78 is 0. The molecule has 0 aromatic heterocycles. The molecule has 2 unspecified atom stereocenters. The zero-order valence-corrected chi connectivity index (χ0v) is 13.2. The van der Waals surface area contributed by atoms with Gasteiger partial charge in [-0.3, -0.25) is 0 Å². The van der Waals surface area contributed by atoms with Crippen molar-refractivity contribution in [2.75, 3.05) is 6.54 Å². The van der Waals surface area contributed by atoms with E-state index in [1.165, 1.54) is 0 Å². The van der Waals surface area contributed by atoms with Crippen molar-refractivity contribution in [2.24, 2.45) is 5.92 Å². The molecule has 0 aliphatic rings. The summed E-state index contributed by atoms with van der Waals surface area (Å²) in [4.78, 5) is 0. The van der Waals surface area contributed by atoms with Crippen molar-refractivity contribution in [1.82, 2.24) is 5.32 Å². The van der Waals surface area contributed by atoms with Crippen LogP contribution in [0.15, 0.2) is 18.2 Å². The number of halogens is 1. The molecule has 0 aliphatic heterocycles. The molecule has 0 spiro atoms. The Hall–Kier alpha value is -0.570. The first-order chi connectivity index (χ1) is 8.97. The van der Waals surface area contributed by atoms with Crippen LogP contribution in [0, 0.1) is 12.8 Å². The second-order valence-electron chi connectivity index (χ2n) is 5.53. The lowest BCUT2D eigenvalue weighted by Crippen LogP contribution is -2.39. The monoisotopic (exact) mass is 283 g/mol. The minimum atomic E-state index is -0.493. The molecule has 0 bridgehead atoms. The van der Waals surface area contributed by atoms with E-state index in [2.05, 4.69) is 26.1 Å². The zero-order valence-electron chi connectivity index (χ0n) is 12.4. The summed E-state index contributed by atoms with van der Waals surface area (Å²) >= 11 is 6.03. The van der Waals surface area contributed by atoms with Gasteiger partial charge in [-0.15, -0.1) is 0 Å². The highest BCUT2D eigenvalue weighted by molar-refractivity contribution is 6.31. The van der Waals surface area contributed by atoms with Crippen molar-refractivity contribution in [1.29, 1.82) is 0 Å². The Balaban J connectivity index is 2.80. The predicted octanol–water partition coefficient (Wildman–Crippen LogP) is 4.10. The molecule has 0 saturated carbocycles. The lowest BCUT2D eigenvalue weighted by atomic mass is 9.92.